The molecule has 0 aliphatic carbocycles. The first-order valence-electron chi connectivity index (χ1n) is 5.29. The summed E-state index contributed by atoms with van der Waals surface area (Å²) in [6, 6.07) is 8.66. The lowest BCUT2D eigenvalue weighted by Crippen LogP contribution is -2.32. The highest BCUT2D eigenvalue weighted by Gasteiger charge is 2.08. The van der Waals surface area contributed by atoms with Crippen LogP contribution in [-0.4, -0.2) is 28.7 Å². The highest BCUT2D eigenvalue weighted by molar-refractivity contribution is 7.90. The van der Waals surface area contributed by atoms with Crippen molar-refractivity contribution in [3.63, 3.8) is 0 Å². The van der Waals surface area contributed by atoms with Gasteiger partial charge in [-0.1, -0.05) is 12.1 Å². The zero-order valence-corrected chi connectivity index (χ0v) is 10.8. The molecule has 0 bridgehead atoms. The third-order valence-electron chi connectivity index (χ3n) is 2.09. The highest BCUT2D eigenvalue weighted by Crippen LogP contribution is 2.10. The predicted octanol–water partition coefficient (Wildman–Crippen LogP) is 0.645. The van der Waals surface area contributed by atoms with Crippen LogP contribution in [0.2, 0.25) is 0 Å². The Balaban J connectivity index is 2.58. The van der Waals surface area contributed by atoms with Crippen molar-refractivity contribution in [2.75, 3.05) is 25.0 Å². The molecule has 2 N–H and O–H groups in total. The summed E-state index contributed by atoms with van der Waals surface area (Å²) < 4.78 is 32.6. The third-order valence-corrected chi connectivity index (χ3v) is 3.18. The Labute approximate surface area is 107 Å². The van der Waals surface area contributed by atoms with Crippen LogP contribution in [0.3, 0.4) is 0 Å². The van der Waals surface area contributed by atoms with Gasteiger partial charge in [0.15, 0.2) is 0 Å². The minimum atomic E-state index is -3.58. The van der Waals surface area contributed by atoms with Gasteiger partial charge in [0, 0.05) is 19.3 Å². The first-order valence-corrected chi connectivity index (χ1v) is 6.78. The SMILES string of the molecule is COCCNS(=O)(=O)Nc1ccc(CC#N)cc1. The molecule has 0 saturated carbocycles. The molecule has 0 atom stereocenters. The molecule has 6 nitrogen and oxygen atoms in total. The number of nitrogens with one attached hydrogen (secondary N) is 2. The van der Waals surface area contributed by atoms with E-state index in [1.54, 1.807) is 24.3 Å². The van der Waals surface area contributed by atoms with Gasteiger partial charge in [0.05, 0.1) is 19.1 Å². The van der Waals surface area contributed by atoms with Gasteiger partial charge >= 0.3 is 0 Å². The van der Waals surface area contributed by atoms with Crippen molar-refractivity contribution in [2.24, 2.45) is 0 Å². The number of hydrogen-bond acceptors (Lipinski definition) is 4. The van der Waals surface area contributed by atoms with Crippen molar-refractivity contribution in [3.05, 3.63) is 29.8 Å². The third kappa shape index (κ3) is 5.14. The van der Waals surface area contributed by atoms with E-state index in [1.165, 1.54) is 7.11 Å². The van der Waals surface area contributed by atoms with Gasteiger partial charge in [-0.05, 0) is 17.7 Å². The number of hydrogen-bond donors (Lipinski definition) is 2. The van der Waals surface area contributed by atoms with Crippen LogP contribution in [0.4, 0.5) is 5.69 Å². The number of ether oxygens (including phenoxy) is 1. The topological polar surface area (TPSA) is 91.2 Å². The van der Waals surface area contributed by atoms with Gasteiger partial charge in [0.25, 0.3) is 10.2 Å². The van der Waals surface area contributed by atoms with E-state index in [2.05, 4.69) is 9.44 Å². The van der Waals surface area contributed by atoms with E-state index in [0.717, 1.165) is 5.56 Å². The molecule has 0 spiro atoms. The first kappa shape index (κ1) is 14.4. The molecule has 0 aliphatic heterocycles. The van der Waals surface area contributed by atoms with Gasteiger partial charge in [-0.2, -0.15) is 18.4 Å². The van der Waals surface area contributed by atoms with Crippen LogP contribution in [0.5, 0.6) is 0 Å². The molecule has 7 heteroatoms. The summed E-state index contributed by atoms with van der Waals surface area (Å²) in [6.45, 7) is 0.514. The van der Waals surface area contributed by atoms with Crippen molar-refractivity contribution in [3.8, 4) is 6.07 Å². The van der Waals surface area contributed by atoms with E-state index in [9.17, 15) is 8.42 Å². The van der Waals surface area contributed by atoms with E-state index >= 15 is 0 Å². The lowest BCUT2D eigenvalue weighted by molar-refractivity contribution is 0.204. The number of anilines is 1. The molecule has 18 heavy (non-hydrogen) atoms. The van der Waals surface area contributed by atoms with E-state index in [-0.39, 0.29) is 6.54 Å². The molecular weight excluding hydrogens is 254 g/mol. The summed E-state index contributed by atoms with van der Waals surface area (Å²) in [5.74, 6) is 0. The van der Waals surface area contributed by atoms with E-state index in [0.29, 0.717) is 18.7 Å². The quantitative estimate of drug-likeness (QED) is 0.711. The van der Waals surface area contributed by atoms with Crippen LogP contribution in [0.1, 0.15) is 5.56 Å². The van der Waals surface area contributed by atoms with Crippen molar-refractivity contribution in [1.82, 2.24) is 4.72 Å². The number of benzene rings is 1. The maximum absolute atomic E-state index is 11.6. The Bertz CT molecular complexity index is 505. The fourth-order valence-corrected chi connectivity index (χ4v) is 2.12. The molecule has 98 valence electrons. The molecule has 0 unspecified atom stereocenters. The zero-order chi connectivity index (χ0) is 13.4. The molecular formula is C11H15N3O3S. The van der Waals surface area contributed by atoms with E-state index < -0.39 is 10.2 Å². The van der Waals surface area contributed by atoms with Gasteiger partial charge in [0.2, 0.25) is 0 Å². The Morgan fingerprint density at radius 3 is 2.56 bits per heavy atom. The van der Waals surface area contributed by atoms with Crippen LogP contribution in [0.15, 0.2) is 24.3 Å². The Morgan fingerprint density at radius 1 is 1.33 bits per heavy atom. The monoisotopic (exact) mass is 269 g/mol. The molecule has 1 aromatic carbocycles. The van der Waals surface area contributed by atoms with Crippen LogP contribution in [0.25, 0.3) is 0 Å². The normalized spacial score (nSPS) is 10.9. The summed E-state index contributed by atoms with van der Waals surface area (Å²) in [7, 11) is -2.08. The first-order chi connectivity index (χ1) is 8.57. The molecule has 0 radical (unpaired) electrons. The fraction of sp³-hybridized carbons (Fsp3) is 0.364. The number of nitriles is 1. The molecule has 0 amide bonds. The largest absolute Gasteiger partial charge is 0.383 e. The standard InChI is InChI=1S/C11H15N3O3S/c1-17-9-8-13-18(15,16)14-11-4-2-10(3-5-11)6-7-12/h2-5,13-14H,6,8-9H2,1H3. The second kappa shape index (κ2) is 6.96. The van der Waals surface area contributed by atoms with Crippen LogP contribution in [0, 0.1) is 11.3 Å². The summed E-state index contributed by atoms with van der Waals surface area (Å²) >= 11 is 0. The summed E-state index contributed by atoms with van der Waals surface area (Å²) in [5, 5.41) is 8.51. The fourth-order valence-electron chi connectivity index (χ4n) is 1.25. The molecule has 0 saturated heterocycles. The summed E-state index contributed by atoms with van der Waals surface area (Å²) in [6.07, 6.45) is 0.305. The zero-order valence-electron chi connectivity index (χ0n) is 10.0. The molecule has 0 heterocycles. The minimum absolute atomic E-state index is 0.207. The molecule has 0 aliphatic rings. The summed E-state index contributed by atoms with van der Waals surface area (Å²) in [4.78, 5) is 0. The second-order valence-corrected chi connectivity index (χ2v) is 5.02. The predicted molar refractivity (Wildman–Crippen MR) is 68.2 cm³/mol. The number of rotatable bonds is 7. The van der Waals surface area contributed by atoms with Crippen molar-refractivity contribution in [1.29, 1.82) is 5.26 Å². The average molecular weight is 269 g/mol. The van der Waals surface area contributed by atoms with E-state index in [4.69, 9.17) is 10.00 Å². The van der Waals surface area contributed by atoms with Crippen LogP contribution >= 0.6 is 0 Å². The van der Waals surface area contributed by atoms with Gasteiger partial charge in [-0.25, -0.2) is 0 Å². The maximum atomic E-state index is 11.6. The van der Waals surface area contributed by atoms with Gasteiger partial charge in [-0.3, -0.25) is 4.72 Å². The van der Waals surface area contributed by atoms with Gasteiger partial charge < -0.3 is 4.74 Å². The van der Waals surface area contributed by atoms with Crippen LogP contribution < -0.4 is 9.44 Å². The molecule has 1 aromatic rings. The Hall–Kier alpha value is -1.62. The highest BCUT2D eigenvalue weighted by atomic mass is 32.2. The van der Waals surface area contributed by atoms with Crippen molar-refractivity contribution < 1.29 is 13.2 Å². The Kier molecular flexibility index (Phi) is 5.58. The van der Waals surface area contributed by atoms with Crippen molar-refractivity contribution in [2.45, 2.75) is 6.42 Å². The minimum Gasteiger partial charge on any atom is -0.383 e. The number of methoxy groups -OCH3 is 1. The smallest absolute Gasteiger partial charge is 0.299 e. The lowest BCUT2D eigenvalue weighted by Gasteiger charge is -2.09. The average Bonchev–Trinajstić information content (AvgIpc) is 2.32. The van der Waals surface area contributed by atoms with Gasteiger partial charge in [-0.15, -0.1) is 0 Å². The number of nitrogens with zero attached hydrogens (tertiary/aromatic N) is 1. The second-order valence-electron chi connectivity index (χ2n) is 3.52. The van der Waals surface area contributed by atoms with Crippen molar-refractivity contribution >= 4 is 15.9 Å². The van der Waals surface area contributed by atoms with Crippen LogP contribution in [-0.2, 0) is 21.4 Å². The van der Waals surface area contributed by atoms with E-state index in [1.807, 2.05) is 6.07 Å². The van der Waals surface area contributed by atoms with Gasteiger partial charge in [0.1, 0.15) is 0 Å². The summed E-state index contributed by atoms with van der Waals surface area (Å²) in [5.41, 5.74) is 1.29. The molecule has 0 aromatic heterocycles. The Morgan fingerprint density at radius 2 is 2.00 bits per heavy atom. The lowest BCUT2D eigenvalue weighted by atomic mass is 10.1. The molecule has 1 rings (SSSR count). The maximum Gasteiger partial charge on any atom is 0.299 e. The molecule has 0 fully saturated rings.